The minimum Gasteiger partial charge on any atom is -0.605 e. The SMILES string of the molecule is CCOc1cc2ncnc(Nc3ccc(OCc4cccc(F)c4)c(Cl)c3)c2cc1NS(=O)(=O)CC1CC[S+]([O-])S1. The van der Waals surface area contributed by atoms with Crippen LogP contribution in [0, 0.1) is 5.82 Å². The van der Waals surface area contributed by atoms with E-state index in [0.29, 0.717) is 63.3 Å². The Kier molecular flexibility index (Phi) is 9.29. The molecule has 1 saturated heterocycles. The molecule has 0 aliphatic carbocycles. The molecule has 0 saturated carbocycles. The average Bonchev–Trinajstić information content (AvgIpc) is 3.32. The summed E-state index contributed by atoms with van der Waals surface area (Å²) >= 11 is 6.46. The van der Waals surface area contributed by atoms with Crippen molar-refractivity contribution in [1.29, 1.82) is 0 Å². The Morgan fingerprint density at radius 3 is 2.73 bits per heavy atom. The summed E-state index contributed by atoms with van der Waals surface area (Å²) in [5, 5.41) is 3.85. The number of nitrogens with one attached hydrogen (secondary N) is 2. The summed E-state index contributed by atoms with van der Waals surface area (Å²) in [6.45, 7) is 2.27. The van der Waals surface area contributed by atoms with Crippen LogP contribution in [0.25, 0.3) is 10.9 Å². The fourth-order valence-corrected chi connectivity index (χ4v) is 9.94. The van der Waals surface area contributed by atoms with Gasteiger partial charge >= 0.3 is 0 Å². The normalized spacial score (nSPS) is 17.0. The van der Waals surface area contributed by atoms with E-state index in [9.17, 15) is 17.4 Å². The summed E-state index contributed by atoms with van der Waals surface area (Å²) in [5.74, 6) is 1.17. The third-order valence-corrected chi connectivity index (χ3v) is 11.3. The molecule has 1 fully saturated rings. The van der Waals surface area contributed by atoms with Crippen molar-refractivity contribution in [2.75, 3.05) is 28.2 Å². The Bertz CT molecular complexity index is 1660. The van der Waals surface area contributed by atoms with Crippen molar-refractivity contribution < 1.29 is 26.8 Å². The third-order valence-electron chi connectivity index (χ3n) is 6.04. The summed E-state index contributed by atoms with van der Waals surface area (Å²) in [7, 11) is -3.63. The number of ether oxygens (including phenoxy) is 2. The minimum absolute atomic E-state index is 0.152. The van der Waals surface area contributed by atoms with Crippen LogP contribution in [0.4, 0.5) is 21.6 Å². The van der Waals surface area contributed by atoms with Gasteiger partial charge in [0.2, 0.25) is 10.0 Å². The number of hydrogen-bond acceptors (Lipinski definition) is 9. The molecular formula is C27H26ClFN4O5S3. The number of fused-ring (bicyclic) bond motifs is 1. The van der Waals surface area contributed by atoms with E-state index in [2.05, 4.69) is 20.0 Å². The van der Waals surface area contributed by atoms with Gasteiger partial charge in [-0.2, -0.15) is 0 Å². The molecule has 41 heavy (non-hydrogen) atoms. The number of sulfonamides is 1. The van der Waals surface area contributed by atoms with E-state index >= 15 is 0 Å². The summed E-state index contributed by atoms with van der Waals surface area (Å²) in [5.41, 5.74) is 2.07. The molecule has 2 N–H and O–H groups in total. The molecule has 5 rings (SSSR count). The number of anilines is 3. The van der Waals surface area contributed by atoms with Gasteiger partial charge in [-0.1, -0.05) is 23.7 Å². The lowest BCUT2D eigenvalue weighted by Gasteiger charge is -2.16. The van der Waals surface area contributed by atoms with E-state index in [0.717, 1.165) is 0 Å². The van der Waals surface area contributed by atoms with Gasteiger partial charge in [0.15, 0.2) is 0 Å². The number of aromatic nitrogens is 2. The number of benzene rings is 3. The molecule has 4 aromatic rings. The monoisotopic (exact) mass is 636 g/mol. The Balaban J connectivity index is 1.37. The van der Waals surface area contributed by atoms with Gasteiger partial charge in [-0.05, 0) is 48.9 Å². The largest absolute Gasteiger partial charge is 0.605 e. The second kappa shape index (κ2) is 12.9. The molecule has 2 heterocycles. The van der Waals surface area contributed by atoms with Crippen molar-refractivity contribution in [2.24, 2.45) is 0 Å². The Hall–Kier alpha value is -2.97. The molecule has 1 aliphatic rings. The van der Waals surface area contributed by atoms with E-state index < -0.39 is 20.2 Å². The van der Waals surface area contributed by atoms with Crippen LogP contribution in [0.2, 0.25) is 5.02 Å². The van der Waals surface area contributed by atoms with Crippen LogP contribution in [0.15, 0.2) is 60.9 Å². The van der Waals surface area contributed by atoms with E-state index in [1.807, 2.05) is 0 Å². The second-order valence-corrected chi connectivity index (χ2v) is 14.8. The fourth-order valence-electron chi connectivity index (χ4n) is 4.20. The van der Waals surface area contributed by atoms with Crippen LogP contribution >= 0.6 is 22.4 Å². The maximum atomic E-state index is 13.5. The maximum Gasteiger partial charge on any atom is 0.234 e. The fraction of sp³-hybridized carbons (Fsp3) is 0.259. The van der Waals surface area contributed by atoms with Gasteiger partial charge in [0.1, 0.15) is 41.8 Å². The first-order valence-electron chi connectivity index (χ1n) is 12.6. The Labute approximate surface area is 248 Å². The lowest BCUT2D eigenvalue weighted by molar-refractivity contribution is 0.306. The zero-order valence-electron chi connectivity index (χ0n) is 21.8. The van der Waals surface area contributed by atoms with Gasteiger partial charge in [-0.15, -0.1) is 0 Å². The lowest BCUT2D eigenvalue weighted by Crippen LogP contribution is -2.23. The molecule has 216 valence electrons. The molecule has 9 nitrogen and oxygen atoms in total. The number of nitrogens with zero attached hydrogens (tertiary/aromatic N) is 2. The van der Waals surface area contributed by atoms with Crippen LogP contribution in [-0.2, 0) is 26.8 Å². The molecule has 0 bridgehead atoms. The predicted octanol–water partition coefficient (Wildman–Crippen LogP) is 6.05. The van der Waals surface area contributed by atoms with E-state index in [-0.39, 0.29) is 29.1 Å². The molecule has 0 spiro atoms. The van der Waals surface area contributed by atoms with Crippen LogP contribution < -0.4 is 19.5 Å². The minimum atomic E-state index is -3.76. The lowest BCUT2D eigenvalue weighted by atomic mass is 10.2. The van der Waals surface area contributed by atoms with Gasteiger partial charge in [0.05, 0.1) is 44.6 Å². The molecule has 1 aliphatic heterocycles. The topological polar surface area (TPSA) is 126 Å². The van der Waals surface area contributed by atoms with Gasteiger partial charge < -0.3 is 19.3 Å². The Morgan fingerprint density at radius 1 is 1.15 bits per heavy atom. The zero-order valence-corrected chi connectivity index (χ0v) is 25.0. The quantitative estimate of drug-likeness (QED) is 0.149. The highest BCUT2D eigenvalue weighted by Crippen LogP contribution is 2.37. The maximum absolute atomic E-state index is 13.5. The zero-order chi connectivity index (χ0) is 29.0. The van der Waals surface area contributed by atoms with Crippen molar-refractivity contribution in [3.05, 3.63) is 77.3 Å². The third kappa shape index (κ3) is 7.66. The van der Waals surface area contributed by atoms with Crippen LogP contribution in [0.5, 0.6) is 11.5 Å². The summed E-state index contributed by atoms with van der Waals surface area (Å²) in [4.78, 5) is 8.68. The van der Waals surface area contributed by atoms with Gasteiger partial charge in [0, 0.05) is 33.8 Å². The molecule has 0 amide bonds. The standard InChI is InChI=1S/C27H26ClFN4O5S3/c1-2-37-26-13-23-21(12-24(26)33-41(35,36)15-20-8-9-40(34)39-20)27(31-16-30-23)32-19-6-7-25(22(28)11-19)38-14-17-4-3-5-18(29)10-17/h3-7,10-13,16,20,33H,2,8-9,14-15H2,1H3,(H,30,31,32). The van der Waals surface area contributed by atoms with Crippen molar-refractivity contribution in [1.82, 2.24) is 9.97 Å². The van der Waals surface area contributed by atoms with Gasteiger partial charge in [-0.25, -0.2) is 22.8 Å². The van der Waals surface area contributed by atoms with Crippen molar-refractivity contribution in [3.8, 4) is 11.5 Å². The summed E-state index contributed by atoms with van der Waals surface area (Å²) in [6.07, 6.45) is 1.97. The number of hydrogen-bond donors (Lipinski definition) is 2. The molecule has 2 atom stereocenters. The van der Waals surface area contributed by atoms with E-state index in [4.69, 9.17) is 21.1 Å². The highest BCUT2D eigenvalue weighted by molar-refractivity contribution is 8.72. The molecule has 1 aromatic heterocycles. The predicted molar refractivity (Wildman–Crippen MR) is 163 cm³/mol. The van der Waals surface area contributed by atoms with Gasteiger partial charge in [0.25, 0.3) is 0 Å². The highest BCUT2D eigenvalue weighted by Gasteiger charge is 2.33. The number of halogens is 2. The molecule has 2 unspecified atom stereocenters. The summed E-state index contributed by atoms with van der Waals surface area (Å²) < 4.78 is 65.2. The van der Waals surface area contributed by atoms with Crippen LogP contribution in [0.1, 0.15) is 18.9 Å². The van der Waals surface area contributed by atoms with E-state index in [1.54, 1.807) is 49.4 Å². The smallest absolute Gasteiger partial charge is 0.234 e. The first-order valence-corrected chi connectivity index (χ1v) is 17.3. The first-order chi connectivity index (χ1) is 19.7. The molecule has 0 radical (unpaired) electrons. The molecule has 14 heteroatoms. The van der Waals surface area contributed by atoms with Crippen molar-refractivity contribution in [2.45, 2.75) is 25.2 Å². The molecular weight excluding hydrogens is 611 g/mol. The van der Waals surface area contributed by atoms with Crippen molar-refractivity contribution in [3.63, 3.8) is 0 Å². The van der Waals surface area contributed by atoms with Crippen LogP contribution in [0.3, 0.4) is 0 Å². The summed E-state index contributed by atoms with van der Waals surface area (Å²) in [6, 6.07) is 14.5. The highest BCUT2D eigenvalue weighted by atomic mass is 35.5. The van der Waals surface area contributed by atoms with Crippen molar-refractivity contribution >= 4 is 70.7 Å². The first kappa shape index (κ1) is 29.5. The van der Waals surface area contributed by atoms with E-state index in [1.165, 1.54) is 29.3 Å². The molecule has 3 aromatic carbocycles. The second-order valence-electron chi connectivity index (χ2n) is 9.11. The van der Waals surface area contributed by atoms with Crippen LogP contribution in [-0.4, -0.2) is 46.3 Å². The van der Waals surface area contributed by atoms with Gasteiger partial charge in [-0.3, -0.25) is 4.72 Å². The number of rotatable bonds is 11. The average molecular weight is 637 g/mol. The Morgan fingerprint density at radius 2 is 2.00 bits per heavy atom.